The molecular weight excluding hydrogens is 270 g/mol. The molecule has 0 amide bonds. The highest BCUT2D eigenvalue weighted by Gasteiger charge is 2.29. The molecule has 1 aromatic carbocycles. The van der Waals surface area contributed by atoms with Crippen LogP contribution in [0.15, 0.2) is 30.3 Å². The van der Waals surface area contributed by atoms with Crippen molar-refractivity contribution >= 4 is 33.9 Å². The number of nitrogens with zero attached hydrogens (tertiary/aromatic N) is 1. The molecule has 0 bridgehead atoms. The van der Waals surface area contributed by atoms with Crippen LogP contribution in [-0.2, 0) is 4.74 Å². The molecule has 0 spiro atoms. The number of ether oxygens (including phenoxy) is 1. The van der Waals surface area contributed by atoms with E-state index in [0.29, 0.717) is 17.1 Å². The van der Waals surface area contributed by atoms with Crippen molar-refractivity contribution < 1.29 is 4.74 Å². The van der Waals surface area contributed by atoms with Crippen LogP contribution in [0.5, 0.6) is 0 Å². The van der Waals surface area contributed by atoms with E-state index >= 15 is 0 Å². The zero-order chi connectivity index (χ0) is 14.1. The van der Waals surface area contributed by atoms with E-state index in [9.17, 15) is 0 Å². The molecule has 1 aliphatic rings. The van der Waals surface area contributed by atoms with Gasteiger partial charge in [0.15, 0.2) is 0 Å². The summed E-state index contributed by atoms with van der Waals surface area (Å²) in [5, 5.41) is 4.47. The molecule has 0 atom stereocenters. The molecule has 3 rings (SSSR count). The molecule has 5 heteroatoms. The lowest BCUT2D eigenvalue weighted by Crippen LogP contribution is -2.40. The minimum Gasteiger partial charge on any atom is -0.389 e. The van der Waals surface area contributed by atoms with E-state index in [0.717, 1.165) is 35.1 Å². The van der Waals surface area contributed by atoms with Crippen molar-refractivity contribution in [3.63, 3.8) is 0 Å². The Bertz CT molecular complexity index is 653. The van der Waals surface area contributed by atoms with Crippen LogP contribution in [0.4, 0.5) is 5.82 Å². The number of thiocarbonyl (C=S) groups is 1. The van der Waals surface area contributed by atoms with Crippen LogP contribution in [0, 0.1) is 0 Å². The lowest BCUT2D eigenvalue weighted by Gasteiger charge is -2.35. The third-order valence-electron chi connectivity index (χ3n) is 3.76. The second-order valence-corrected chi connectivity index (χ2v) is 5.55. The highest BCUT2D eigenvalue weighted by molar-refractivity contribution is 7.80. The molecule has 2 aromatic rings. The van der Waals surface area contributed by atoms with E-state index in [4.69, 9.17) is 22.7 Å². The summed E-state index contributed by atoms with van der Waals surface area (Å²) < 4.78 is 5.29. The maximum absolute atomic E-state index is 5.82. The largest absolute Gasteiger partial charge is 0.389 e. The van der Waals surface area contributed by atoms with Gasteiger partial charge in [0.1, 0.15) is 10.8 Å². The fourth-order valence-electron chi connectivity index (χ4n) is 2.48. The number of hydrogen-bond acceptors (Lipinski definition) is 4. The normalized spacial score (nSPS) is 21.4. The first-order chi connectivity index (χ1) is 9.67. The van der Waals surface area contributed by atoms with Gasteiger partial charge in [0.05, 0.1) is 17.2 Å². The highest BCUT2D eigenvalue weighted by Crippen LogP contribution is 2.28. The number of para-hydroxylation sites is 1. The molecular formula is C15H17N3OS. The third-order valence-corrected chi connectivity index (χ3v) is 3.98. The summed E-state index contributed by atoms with van der Waals surface area (Å²) in [5.41, 5.74) is 7.57. The average molecular weight is 287 g/mol. The Morgan fingerprint density at radius 1 is 1.40 bits per heavy atom. The quantitative estimate of drug-likeness (QED) is 0.846. The zero-order valence-electron chi connectivity index (χ0n) is 11.3. The van der Waals surface area contributed by atoms with Crippen LogP contribution >= 0.6 is 12.2 Å². The van der Waals surface area contributed by atoms with Crippen LogP contribution in [0.1, 0.15) is 18.4 Å². The second kappa shape index (κ2) is 5.34. The Hall–Kier alpha value is -1.72. The summed E-state index contributed by atoms with van der Waals surface area (Å²) in [6, 6.07) is 10.3. The van der Waals surface area contributed by atoms with Gasteiger partial charge in [-0.1, -0.05) is 30.4 Å². The number of aromatic nitrogens is 1. The Morgan fingerprint density at radius 2 is 2.15 bits per heavy atom. The van der Waals surface area contributed by atoms with Crippen molar-refractivity contribution in [3.8, 4) is 0 Å². The molecule has 4 nitrogen and oxygen atoms in total. The number of rotatable bonds is 4. The maximum atomic E-state index is 5.82. The number of pyridine rings is 1. The van der Waals surface area contributed by atoms with Crippen molar-refractivity contribution in [2.75, 3.05) is 12.4 Å². The Kier molecular flexibility index (Phi) is 3.54. The Labute approximate surface area is 123 Å². The summed E-state index contributed by atoms with van der Waals surface area (Å²) in [6.07, 6.45) is 2.32. The number of anilines is 1. The van der Waals surface area contributed by atoms with E-state index < -0.39 is 0 Å². The Morgan fingerprint density at radius 3 is 2.85 bits per heavy atom. The number of fused-ring (bicyclic) bond motifs is 1. The van der Waals surface area contributed by atoms with E-state index in [1.54, 1.807) is 7.11 Å². The van der Waals surface area contributed by atoms with Gasteiger partial charge in [0, 0.05) is 18.5 Å². The number of nitrogens with one attached hydrogen (secondary N) is 1. The highest BCUT2D eigenvalue weighted by atomic mass is 32.1. The van der Waals surface area contributed by atoms with Crippen molar-refractivity contribution in [2.24, 2.45) is 5.73 Å². The lowest BCUT2D eigenvalue weighted by atomic mass is 9.89. The van der Waals surface area contributed by atoms with Crippen LogP contribution in [0.3, 0.4) is 0 Å². The molecule has 20 heavy (non-hydrogen) atoms. The van der Waals surface area contributed by atoms with E-state index in [1.807, 2.05) is 30.3 Å². The summed E-state index contributed by atoms with van der Waals surface area (Å²) >= 11 is 5.14. The number of hydrogen-bond donors (Lipinski definition) is 2. The number of nitrogens with two attached hydrogens (primary N) is 1. The predicted octanol–water partition coefficient (Wildman–Crippen LogP) is 2.46. The number of methoxy groups -OCH3 is 1. The average Bonchev–Trinajstić information content (AvgIpc) is 2.41. The van der Waals surface area contributed by atoms with E-state index in [-0.39, 0.29) is 0 Å². The van der Waals surface area contributed by atoms with Crippen molar-refractivity contribution in [2.45, 2.75) is 25.0 Å². The fourth-order valence-corrected chi connectivity index (χ4v) is 2.64. The minimum atomic E-state index is 0.348. The molecule has 1 aliphatic carbocycles. The first-order valence-electron chi connectivity index (χ1n) is 6.66. The number of benzene rings is 1. The summed E-state index contributed by atoms with van der Waals surface area (Å²) in [5.74, 6) is 0.774. The van der Waals surface area contributed by atoms with Gasteiger partial charge < -0.3 is 15.8 Å². The van der Waals surface area contributed by atoms with Gasteiger partial charge in [-0.2, -0.15) is 0 Å². The molecule has 1 saturated carbocycles. The maximum Gasteiger partial charge on any atom is 0.137 e. The summed E-state index contributed by atoms with van der Waals surface area (Å²) in [6.45, 7) is 0. The van der Waals surface area contributed by atoms with Crippen LogP contribution in [0.2, 0.25) is 0 Å². The van der Waals surface area contributed by atoms with Crippen molar-refractivity contribution in [1.29, 1.82) is 0 Å². The minimum absolute atomic E-state index is 0.348. The van der Waals surface area contributed by atoms with Crippen LogP contribution in [-0.4, -0.2) is 29.2 Å². The van der Waals surface area contributed by atoms with Crippen molar-refractivity contribution in [1.82, 2.24) is 4.98 Å². The van der Waals surface area contributed by atoms with Crippen LogP contribution in [0.25, 0.3) is 10.9 Å². The van der Waals surface area contributed by atoms with Crippen LogP contribution < -0.4 is 11.1 Å². The van der Waals surface area contributed by atoms with Gasteiger partial charge in [0.2, 0.25) is 0 Å². The monoisotopic (exact) mass is 287 g/mol. The van der Waals surface area contributed by atoms with Gasteiger partial charge in [-0.25, -0.2) is 4.98 Å². The molecule has 1 aromatic heterocycles. The molecule has 1 heterocycles. The molecule has 1 fully saturated rings. The molecule has 0 aliphatic heterocycles. The second-order valence-electron chi connectivity index (χ2n) is 5.11. The summed E-state index contributed by atoms with van der Waals surface area (Å²) in [4.78, 5) is 5.02. The smallest absolute Gasteiger partial charge is 0.137 e. The van der Waals surface area contributed by atoms with Gasteiger partial charge in [0.25, 0.3) is 0 Å². The van der Waals surface area contributed by atoms with Gasteiger partial charge in [-0.3, -0.25) is 0 Å². The Balaban J connectivity index is 1.91. The first kappa shape index (κ1) is 13.3. The molecule has 0 unspecified atom stereocenters. The first-order valence-corrected chi connectivity index (χ1v) is 7.07. The summed E-state index contributed by atoms with van der Waals surface area (Å²) in [7, 11) is 1.75. The SMILES string of the molecule is COC1CC(Nc2nc3ccccc3cc2C(N)=S)C1. The molecule has 0 saturated heterocycles. The van der Waals surface area contributed by atoms with Gasteiger partial charge in [-0.05, 0) is 25.0 Å². The standard InChI is InChI=1S/C15H17N3OS/c1-19-11-7-10(8-11)17-15-12(14(16)20)6-9-4-2-3-5-13(9)18-15/h2-6,10-11H,7-8H2,1H3,(H2,16,20)(H,17,18). The topological polar surface area (TPSA) is 60.2 Å². The van der Waals surface area contributed by atoms with Gasteiger partial charge in [-0.15, -0.1) is 0 Å². The van der Waals surface area contributed by atoms with E-state index in [2.05, 4.69) is 10.3 Å². The van der Waals surface area contributed by atoms with E-state index in [1.165, 1.54) is 0 Å². The zero-order valence-corrected chi connectivity index (χ0v) is 12.1. The fraction of sp³-hybridized carbons (Fsp3) is 0.333. The van der Waals surface area contributed by atoms with Gasteiger partial charge >= 0.3 is 0 Å². The third kappa shape index (κ3) is 2.46. The predicted molar refractivity (Wildman–Crippen MR) is 85.1 cm³/mol. The lowest BCUT2D eigenvalue weighted by molar-refractivity contribution is 0.0328. The molecule has 3 N–H and O–H groups in total. The molecule has 104 valence electrons. The molecule has 0 radical (unpaired) electrons. The van der Waals surface area contributed by atoms with Crippen molar-refractivity contribution in [3.05, 3.63) is 35.9 Å².